The number of hydrogen-bond donors (Lipinski definition) is 0. The van der Waals surface area contributed by atoms with Gasteiger partial charge in [0.25, 0.3) is 0 Å². The SMILES string of the molecule is C=CC(=O)N(C)CC[C@@H](OCc1cccc(N2CCC(=C)c3nc(SC)ncc3C2)c1)c1cccs1.C=O.CC.CC(C)(C)C. The first kappa shape index (κ1) is 39.8. The van der Waals surface area contributed by atoms with Crippen molar-refractivity contribution in [2.75, 3.05) is 31.3 Å². The van der Waals surface area contributed by atoms with Gasteiger partial charge in [-0.1, -0.05) is 84.7 Å². The van der Waals surface area contributed by atoms with Gasteiger partial charge in [-0.2, -0.15) is 0 Å². The van der Waals surface area contributed by atoms with Gasteiger partial charge in [-0.25, -0.2) is 9.97 Å². The number of fused-ring (bicyclic) bond motifs is 1. The molecule has 1 amide bonds. The van der Waals surface area contributed by atoms with Gasteiger partial charge in [-0.15, -0.1) is 11.3 Å². The van der Waals surface area contributed by atoms with Crippen LogP contribution in [0, 0.1) is 5.41 Å². The molecule has 1 aliphatic heterocycles. The van der Waals surface area contributed by atoms with Crippen LogP contribution in [0.5, 0.6) is 0 Å². The summed E-state index contributed by atoms with van der Waals surface area (Å²) in [6, 6.07) is 12.6. The predicted octanol–water partition coefficient (Wildman–Crippen LogP) is 8.87. The number of amides is 1. The molecule has 246 valence electrons. The van der Waals surface area contributed by atoms with Crippen molar-refractivity contribution in [2.45, 2.75) is 78.8 Å². The molecule has 4 rings (SSSR count). The number of thioether (sulfide) groups is 1. The molecule has 3 aromatic rings. The van der Waals surface area contributed by atoms with E-state index < -0.39 is 0 Å². The van der Waals surface area contributed by atoms with Gasteiger partial charge in [0.05, 0.1) is 18.4 Å². The van der Waals surface area contributed by atoms with Gasteiger partial charge < -0.3 is 19.3 Å². The fourth-order valence-electron chi connectivity index (χ4n) is 4.20. The largest absolute Gasteiger partial charge is 0.368 e. The lowest BCUT2D eigenvalue weighted by Crippen LogP contribution is -2.27. The summed E-state index contributed by atoms with van der Waals surface area (Å²) in [6.45, 7) is 25.3. The lowest BCUT2D eigenvalue weighted by atomic mass is 10.0. The summed E-state index contributed by atoms with van der Waals surface area (Å²) in [5, 5.41) is 2.84. The minimum absolute atomic E-state index is 0.0788. The minimum Gasteiger partial charge on any atom is -0.368 e. The van der Waals surface area contributed by atoms with Crippen LogP contribution in [-0.2, 0) is 27.5 Å². The molecule has 0 spiro atoms. The Morgan fingerprint density at radius 3 is 2.49 bits per heavy atom. The molecule has 0 saturated heterocycles. The maximum absolute atomic E-state index is 11.9. The zero-order valence-electron chi connectivity index (χ0n) is 28.5. The van der Waals surface area contributed by atoms with Crippen LogP contribution in [0.25, 0.3) is 5.57 Å². The molecule has 3 heterocycles. The van der Waals surface area contributed by atoms with E-state index in [1.807, 2.05) is 39.2 Å². The van der Waals surface area contributed by atoms with Crippen LogP contribution in [0.3, 0.4) is 0 Å². The van der Waals surface area contributed by atoms with Crippen molar-refractivity contribution in [3.63, 3.8) is 0 Å². The Balaban J connectivity index is 0.00000101. The number of aromatic nitrogens is 2. The molecule has 0 aliphatic carbocycles. The summed E-state index contributed by atoms with van der Waals surface area (Å²) in [5.41, 5.74) is 5.91. The van der Waals surface area contributed by atoms with Gasteiger partial charge in [0.1, 0.15) is 6.79 Å². The van der Waals surface area contributed by atoms with Crippen molar-refractivity contribution >= 4 is 47.1 Å². The van der Waals surface area contributed by atoms with Crippen molar-refractivity contribution in [3.8, 4) is 0 Å². The summed E-state index contributed by atoms with van der Waals surface area (Å²) in [4.78, 5) is 34.3. The molecular weight excluding hydrogens is 601 g/mol. The molecule has 0 N–H and O–H groups in total. The highest BCUT2D eigenvalue weighted by Crippen LogP contribution is 2.31. The molecule has 0 radical (unpaired) electrons. The standard InChI is InChI=1S/C28H32N4O2S2.C5H12.C2H6.CH2O/c1-5-26(33)31(3)13-12-24(25-10-7-15-36-25)34-19-21-8-6-9-23(16-21)32-14-11-20(2)27-22(18-32)17-29-28(30-27)35-4;1-5(2,3)4;2*1-2/h5-10,15-17,24H,1-2,11-14,18-19H2,3-4H3;1-4H3;1-2H3;1H2/t24-;;;/m1.../s1. The third-order valence-corrected chi connectivity index (χ3v) is 7.80. The number of anilines is 1. The molecule has 2 aromatic heterocycles. The molecule has 1 aromatic carbocycles. The first-order valence-corrected chi connectivity index (χ1v) is 17.3. The zero-order chi connectivity index (χ0) is 34.0. The van der Waals surface area contributed by atoms with E-state index in [9.17, 15) is 4.79 Å². The Morgan fingerprint density at radius 1 is 1.20 bits per heavy atom. The average Bonchev–Trinajstić information content (AvgIpc) is 3.53. The van der Waals surface area contributed by atoms with E-state index in [0.29, 0.717) is 18.6 Å². The molecule has 0 bridgehead atoms. The van der Waals surface area contributed by atoms with Crippen molar-refractivity contribution in [1.29, 1.82) is 0 Å². The monoisotopic (exact) mass is 652 g/mol. The van der Waals surface area contributed by atoms with Crippen LogP contribution in [0.2, 0.25) is 0 Å². The molecule has 9 heteroatoms. The second-order valence-electron chi connectivity index (χ2n) is 11.7. The number of ether oxygens (including phenoxy) is 1. The molecule has 45 heavy (non-hydrogen) atoms. The fraction of sp³-hybridized carbons (Fsp3) is 0.444. The van der Waals surface area contributed by atoms with Crippen molar-refractivity contribution in [2.24, 2.45) is 5.41 Å². The number of rotatable bonds is 10. The van der Waals surface area contributed by atoms with E-state index in [1.165, 1.54) is 6.08 Å². The quantitative estimate of drug-likeness (QED) is 0.123. The molecular formula is C36H52N4O3S2. The number of hydrogen-bond acceptors (Lipinski definition) is 8. The second kappa shape index (κ2) is 20.7. The third kappa shape index (κ3) is 14.1. The van der Waals surface area contributed by atoms with Gasteiger partial charge in [0.2, 0.25) is 5.91 Å². The van der Waals surface area contributed by atoms with Gasteiger partial charge in [0, 0.05) is 49.0 Å². The van der Waals surface area contributed by atoms with E-state index in [2.05, 4.69) is 86.4 Å². The van der Waals surface area contributed by atoms with Crippen LogP contribution < -0.4 is 4.90 Å². The Hall–Kier alpha value is -3.27. The Bertz CT molecular complexity index is 1320. The van der Waals surface area contributed by atoms with E-state index in [4.69, 9.17) is 14.5 Å². The van der Waals surface area contributed by atoms with E-state index >= 15 is 0 Å². The van der Waals surface area contributed by atoms with E-state index in [1.54, 1.807) is 35.0 Å². The van der Waals surface area contributed by atoms with Crippen molar-refractivity contribution in [1.82, 2.24) is 14.9 Å². The number of thiophene rings is 1. The molecule has 0 fully saturated rings. The van der Waals surface area contributed by atoms with Gasteiger partial charge in [0.15, 0.2) is 5.16 Å². The highest BCUT2D eigenvalue weighted by molar-refractivity contribution is 7.98. The normalized spacial score (nSPS) is 12.9. The molecule has 7 nitrogen and oxygen atoms in total. The highest BCUT2D eigenvalue weighted by atomic mass is 32.2. The van der Waals surface area contributed by atoms with Crippen LogP contribution in [0.4, 0.5) is 5.69 Å². The molecule has 0 saturated carbocycles. The van der Waals surface area contributed by atoms with Gasteiger partial charge in [-0.05, 0) is 65.3 Å². The summed E-state index contributed by atoms with van der Waals surface area (Å²) < 4.78 is 6.39. The molecule has 0 unspecified atom stereocenters. The topological polar surface area (TPSA) is 75.6 Å². The number of benzene rings is 1. The number of carbonyl (C=O) groups is 2. The number of carbonyl (C=O) groups excluding carboxylic acids is 2. The number of likely N-dealkylation sites (N-methyl/N-ethyl adjacent to an activating group) is 1. The molecule has 1 aliphatic rings. The van der Waals surface area contributed by atoms with Crippen LogP contribution in [0.1, 0.15) is 82.2 Å². The highest BCUT2D eigenvalue weighted by Gasteiger charge is 2.20. The van der Waals surface area contributed by atoms with Crippen LogP contribution in [-0.4, -0.2) is 54.0 Å². The second-order valence-corrected chi connectivity index (χ2v) is 13.5. The smallest absolute Gasteiger partial charge is 0.245 e. The lowest BCUT2D eigenvalue weighted by molar-refractivity contribution is -0.125. The summed E-state index contributed by atoms with van der Waals surface area (Å²) in [7, 11) is 1.79. The maximum atomic E-state index is 11.9. The van der Waals surface area contributed by atoms with Gasteiger partial charge >= 0.3 is 0 Å². The summed E-state index contributed by atoms with van der Waals surface area (Å²) in [6.07, 6.45) is 6.77. The van der Waals surface area contributed by atoms with Crippen LogP contribution in [0.15, 0.2) is 72.4 Å². The van der Waals surface area contributed by atoms with Gasteiger partial charge in [-0.3, -0.25) is 4.79 Å². The fourth-order valence-corrected chi connectivity index (χ4v) is 5.35. The Kier molecular flexibility index (Phi) is 18.3. The predicted molar refractivity (Wildman–Crippen MR) is 193 cm³/mol. The Labute approximate surface area is 279 Å². The minimum atomic E-state index is -0.0793. The van der Waals surface area contributed by atoms with Crippen molar-refractivity contribution < 1.29 is 14.3 Å². The lowest BCUT2D eigenvalue weighted by Gasteiger charge is -2.24. The average molecular weight is 653 g/mol. The van der Waals surface area contributed by atoms with Crippen molar-refractivity contribution in [3.05, 3.63) is 88.9 Å². The van der Waals surface area contributed by atoms with Crippen LogP contribution >= 0.6 is 23.1 Å². The van der Waals surface area contributed by atoms with E-state index in [0.717, 1.165) is 64.0 Å². The maximum Gasteiger partial charge on any atom is 0.245 e. The zero-order valence-corrected chi connectivity index (χ0v) is 30.1. The third-order valence-electron chi connectivity index (χ3n) is 6.27. The van der Waals surface area contributed by atoms with E-state index in [-0.39, 0.29) is 12.0 Å². The first-order valence-electron chi connectivity index (χ1n) is 15.2. The first-order chi connectivity index (χ1) is 21.5. The summed E-state index contributed by atoms with van der Waals surface area (Å²) in [5.74, 6) is -0.0793. The summed E-state index contributed by atoms with van der Waals surface area (Å²) >= 11 is 3.23. The molecule has 1 atom stereocenters. The number of nitrogens with zero attached hydrogens (tertiary/aromatic N) is 4. The Morgan fingerprint density at radius 2 is 1.89 bits per heavy atom.